The molecule has 0 aromatic carbocycles. The van der Waals surface area contributed by atoms with Crippen LogP contribution in [0.25, 0.3) is 0 Å². The van der Waals surface area contributed by atoms with E-state index in [-0.39, 0.29) is 18.5 Å². The third-order valence-electron chi connectivity index (χ3n) is 3.95. The molecule has 0 atom stereocenters. The van der Waals surface area contributed by atoms with Gasteiger partial charge in [-0.2, -0.15) is 0 Å². The summed E-state index contributed by atoms with van der Waals surface area (Å²) in [5, 5.41) is 3.21. The molecule has 1 spiro atoms. The first-order chi connectivity index (χ1) is 9.52. The first kappa shape index (κ1) is 13.2. The van der Waals surface area contributed by atoms with Crippen LogP contribution in [0.5, 0.6) is 0 Å². The summed E-state index contributed by atoms with van der Waals surface area (Å²) in [4.78, 5) is 29.8. The molecule has 0 radical (unpaired) electrons. The zero-order chi connectivity index (χ0) is 14.3. The Morgan fingerprint density at radius 3 is 2.75 bits per heavy atom. The third-order valence-corrected chi connectivity index (χ3v) is 4.30. The molecule has 6 nitrogen and oxygen atoms in total. The van der Waals surface area contributed by atoms with Gasteiger partial charge >= 0.3 is 6.03 Å². The molecular formula is C13H15ClN4O2. The van der Waals surface area contributed by atoms with Crippen LogP contribution in [0.2, 0.25) is 5.02 Å². The maximum Gasteiger partial charge on any atom is 0.325 e. The van der Waals surface area contributed by atoms with E-state index in [1.54, 1.807) is 12.1 Å². The zero-order valence-electron chi connectivity index (χ0n) is 10.9. The second-order valence-electron chi connectivity index (χ2n) is 5.28. The molecule has 3 amide bonds. The number of halogens is 1. The number of hydrogen-bond acceptors (Lipinski definition) is 4. The van der Waals surface area contributed by atoms with Crippen LogP contribution in [0.3, 0.4) is 0 Å². The fourth-order valence-corrected chi connectivity index (χ4v) is 3.06. The Kier molecular flexibility index (Phi) is 3.05. The quantitative estimate of drug-likeness (QED) is 0.812. The number of urea groups is 1. The number of hydrogen-bond donors (Lipinski definition) is 2. The molecule has 1 aliphatic heterocycles. The third kappa shape index (κ3) is 2.00. The Labute approximate surface area is 121 Å². The van der Waals surface area contributed by atoms with Crippen LogP contribution in [0.1, 0.15) is 31.4 Å². The zero-order valence-corrected chi connectivity index (χ0v) is 11.6. The molecule has 2 aliphatic rings. The smallest absolute Gasteiger partial charge is 0.325 e. The Hall–Kier alpha value is -1.82. The molecule has 2 heterocycles. The number of aromatic nitrogens is 1. The van der Waals surface area contributed by atoms with Gasteiger partial charge in [0, 0.05) is 0 Å². The van der Waals surface area contributed by atoms with Gasteiger partial charge in [0.25, 0.3) is 5.91 Å². The topological polar surface area (TPSA) is 88.3 Å². The van der Waals surface area contributed by atoms with Crippen molar-refractivity contribution < 1.29 is 9.59 Å². The standard InChI is InChI=1S/C13H15ClN4O2/c14-8-3-4-10(15)16-9(8)7-18-11(19)13(17-12(18)20)5-1-2-6-13/h3-4H,1-2,5-7H2,(H2,15,16)(H,17,20). The van der Waals surface area contributed by atoms with Crippen molar-refractivity contribution in [2.75, 3.05) is 5.73 Å². The average Bonchev–Trinajstić information content (AvgIpc) is 2.96. The number of nitrogens with one attached hydrogen (secondary N) is 1. The highest BCUT2D eigenvalue weighted by Crippen LogP contribution is 2.35. The average molecular weight is 295 g/mol. The predicted octanol–water partition coefficient (Wildman–Crippen LogP) is 1.68. The van der Waals surface area contributed by atoms with E-state index in [4.69, 9.17) is 17.3 Å². The summed E-state index contributed by atoms with van der Waals surface area (Å²) in [6, 6.07) is 2.82. The van der Waals surface area contributed by atoms with E-state index >= 15 is 0 Å². The van der Waals surface area contributed by atoms with Crippen molar-refractivity contribution in [3.63, 3.8) is 0 Å². The molecule has 20 heavy (non-hydrogen) atoms. The van der Waals surface area contributed by atoms with Gasteiger partial charge in [0.15, 0.2) is 0 Å². The molecule has 2 fully saturated rings. The molecule has 1 aliphatic carbocycles. The van der Waals surface area contributed by atoms with Crippen LogP contribution in [-0.4, -0.2) is 27.4 Å². The SMILES string of the molecule is Nc1ccc(Cl)c(CN2C(=O)NC3(CCCC3)C2=O)n1. The van der Waals surface area contributed by atoms with Crippen molar-refractivity contribution in [1.29, 1.82) is 0 Å². The van der Waals surface area contributed by atoms with Crippen molar-refractivity contribution in [3.05, 3.63) is 22.8 Å². The van der Waals surface area contributed by atoms with E-state index in [1.807, 2.05) is 0 Å². The number of imide groups is 1. The molecule has 106 valence electrons. The number of pyridine rings is 1. The van der Waals surface area contributed by atoms with Gasteiger partial charge in [0.1, 0.15) is 11.4 Å². The predicted molar refractivity (Wildman–Crippen MR) is 73.9 cm³/mol. The number of nitrogens with two attached hydrogens (primary N) is 1. The molecular weight excluding hydrogens is 280 g/mol. The first-order valence-electron chi connectivity index (χ1n) is 6.57. The van der Waals surface area contributed by atoms with Gasteiger partial charge in [0.05, 0.1) is 17.3 Å². The number of nitrogen functional groups attached to an aromatic ring is 1. The summed E-state index contributed by atoms with van der Waals surface area (Å²) in [7, 11) is 0. The number of amides is 3. The Morgan fingerprint density at radius 2 is 2.05 bits per heavy atom. The monoisotopic (exact) mass is 294 g/mol. The maximum atomic E-state index is 12.5. The van der Waals surface area contributed by atoms with Crippen molar-refractivity contribution in [2.24, 2.45) is 0 Å². The van der Waals surface area contributed by atoms with Crippen LogP contribution >= 0.6 is 11.6 Å². The van der Waals surface area contributed by atoms with Crippen molar-refractivity contribution in [3.8, 4) is 0 Å². The highest BCUT2D eigenvalue weighted by molar-refractivity contribution is 6.31. The minimum atomic E-state index is -0.704. The van der Waals surface area contributed by atoms with E-state index in [0.29, 0.717) is 29.4 Å². The summed E-state index contributed by atoms with van der Waals surface area (Å²) in [5.41, 5.74) is 5.34. The number of carbonyl (C=O) groups excluding carboxylic acids is 2. The lowest BCUT2D eigenvalue weighted by Gasteiger charge is -2.20. The number of nitrogens with zero attached hydrogens (tertiary/aromatic N) is 2. The summed E-state index contributed by atoms with van der Waals surface area (Å²) in [5.74, 6) is 0.132. The van der Waals surface area contributed by atoms with E-state index in [2.05, 4.69) is 10.3 Å². The van der Waals surface area contributed by atoms with Crippen LogP contribution in [0, 0.1) is 0 Å². The summed E-state index contributed by atoms with van der Waals surface area (Å²) < 4.78 is 0. The number of carbonyl (C=O) groups is 2. The largest absolute Gasteiger partial charge is 0.384 e. The summed E-state index contributed by atoms with van der Waals surface area (Å²) in [6.07, 6.45) is 3.31. The minimum absolute atomic E-state index is 0.0519. The van der Waals surface area contributed by atoms with Crippen LogP contribution < -0.4 is 11.1 Å². The molecule has 1 saturated carbocycles. The molecule has 1 aromatic rings. The number of rotatable bonds is 2. The maximum absolute atomic E-state index is 12.5. The fraction of sp³-hybridized carbons (Fsp3) is 0.462. The minimum Gasteiger partial charge on any atom is -0.384 e. The Morgan fingerprint density at radius 1 is 1.35 bits per heavy atom. The molecule has 1 saturated heterocycles. The van der Waals surface area contributed by atoms with Gasteiger partial charge in [0.2, 0.25) is 0 Å². The normalized spacial score (nSPS) is 20.8. The molecule has 7 heteroatoms. The summed E-state index contributed by atoms with van der Waals surface area (Å²) in [6.45, 7) is 0.0519. The van der Waals surface area contributed by atoms with Gasteiger partial charge < -0.3 is 11.1 Å². The van der Waals surface area contributed by atoms with Gasteiger partial charge in [-0.15, -0.1) is 0 Å². The van der Waals surface area contributed by atoms with Gasteiger partial charge in [-0.1, -0.05) is 24.4 Å². The van der Waals surface area contributed by atoms with E-state index in [0.717, 1.165) is 12.8 Å². The highest BCUT2D eigenvalue weighted by atomic mass is 35.5. The second-order valence-corrected chi connectivity index (χ2v) is 5.68. The highest BCUT2D eigenvalue weighted by Gasteiger charge is 2.52. The van der Waals surface area contributed by atoms with Crippen molar-refractivity contribution in [2.45, 2.75) is 37.8 Å². The van der Waals surface area contributed by atoms with Crippen molar-refractivity contribution in [1.82, 2.24) is 15.2 Å². The van der Waals surface area contributed by atoms with Crippen LogP contribution in [0.15, 0.2) is 12.1 Å². The van der Waals surface area contributed by atoms with E-state index in [9.17, 15) is 9.59 Å². The number of anilines is 1. The Bertz CT molecular complexity index is 584. The lowest BCUT2D eigenvalue weighted by atomic mass is 9.98. The van der Waals surface area contributed by atoms with Crippen molar-refractivity contribution >= 4 is 29.4 Å². The first-order valence-corrected chi connectivity index (χ1v) is 6.95. The Balaban J connectivity index is 1.86. The fourth-order valence-electron chi connectivity index (χ4n) is 2.90. The molecule has 0 unspecified atom stereocenters. The van der Waals surface area contributed by atoms with E-state index < -0.39 is 5.54 Å². The van der Waals surface area contributed by atoms with Crippen LogP contribution in [0.4, 0.5) is 10.6 Å². The van der Waals surface area contributed by atoms with Gasteiger partial charge in [-0.05, 0) is 25.0 Å². The molecule has 0 bridgehead atoms. The van der Waals surface area contributed by atoms with E-state index in [1.165, 1.54) is 4.90 Å². The molecule has 3 N–H and O–H groups in total. The summed E-state index contributed by atoms with van der Waals surface area (Å²) >= 11 is 6.03. The lowest BCUT2D eigenvalue weighted by molar-refractivity contribution is -0.131. The lowest BCUT2D eigenvalue weighted by Crippen LogP contribution is -2.44. The second kappa shape index (κ2) is 4.63. The van der Waals surface area contributed by atoms with Gasteiger partial charge in [-0.25, -0.2) is 9.78 Å². The molecule has 1 aromatic heterocycles. The van der Waals surface area contributed by atoms with Crippen LogP contribution in [-0.2, 0) is 11.3 Å². The van der Waals surface area contributed by atoms with Gasteiger partial charge in [-0.3, -0.25) is 9.69 Å². The molecule has 3 rings (SSSR count).